The normalized spacial score (nSPS) is 12.8. The molecule has 0 saturated heterocycles. The topological polar surface area (TPSA) is 107 Å². The van der Waals surface area contributed by atoms with Gasteiger partial charge < -0.3 is 9.47 Å². The highest BCUT2D eigenvalue weighted by Gasteiger charge is 2.26. The standard InChI is InChI=1S/C19H15N3O5S/c23-18-12-16-19(27-18)17(9-10-20-16)26-15-8-4-7-14(11-15)22-28(24,25)21-13-5-2-1-3-6-13/h1-11,21-22H,12H2. The monoisotopic (exact) mass is 397 g/mol. The Labute approximate surface area is 161 Å². The van der Waals surface area contributed by atoms with E-state index >= 15 is 0 Å². The maximum Gasteiger partial charge on any atom is 0.321 e. The largest absolute Gasteiger partial charge is 0.453 e. The quantitative estimate of drug-likeness (QED) is 0.619. The molecule has 142 valence electrons. The molecule has 2 aromatic carbocycles. The van der Waals surface area contributed by atoms with E-state index in [9.17, 15) is 13.2 Å². The first-order valence-corrected chi connectivity index (χ1v) is 9.79. The van der Waals surface area contributed by atoms with Crippen LogP contribution in [0.3, 0.4) is 0 Å². The van der Waals surface area contributed by atoms with E-state index < -0.39 is 16.2 Å². The third-order valence-corrected chi connectivity index (χ3v) is 4.82. The van der Waals surface area contributed by atoms with Crippen LogP contribution in [0.5, 0.6) is 17.2 Å². The molecule has 0 spiro atoms. The van der Waals surface area contributed by atoms with Gasteiger partial charge in [-0.25, -0.2) is 0 Å². The summed E-state index contributed by atoms with van der Waals surface area (Å²) in [6, 6.07) is 16.5. The Balaban J connectivity index is 1.51. The minimum atomic E-state index is -3.83. The Kier molecular flexibility index (Phi) is 4.58. The van der Waals surface area contributed by atoms with Gasteiger partial charge in [-0.2, -0.15) is 8.42 Å². The maximum absolute atomic E-state index is 12.3. The SMILES string of the molecule is O=C1Cc2nccc(Oc3cccc(NS(=O)(=O)Nc4ccccc4)c3)c2O1. The van der Waals surface area contributed by atoms with Gasteiger partial charge in [-0.1, -0.05) is 24.3 Å². The van der Waals surface area contributed by atoms with Gasteiger partial charge in [0, 0.05) is 18.3 Å². The van der Waals surface area contributed by atoms with Crippen molar-refractivity contribution in [2.75, 3.05) is 9.44 Å². The highest BCUT2D eigenvalue weighted by Crippen LogP contribution is 2.37. The number of nitrogens with zero attached hydrogens (tertiary/aromatic N) is 1. The van der Waals surface area contributed by atoms with Crippen LogP contribution in [0.15, 0.2) is 66.9 Å². The molecule has 0 unspecified atom stereocenters. The summed E-state index contributed by atoms with van der Waals surface area (Å²) in [4.78, 5) is 15.6. The van der Waals surface area contributed by atoms with Crippen LogP contribution in [-0.4, -0.2) is 19.4 Å². The summed E-state index contributed by atoms with van der Waals surface area (Å²) in [5, 5.41) is 0. The fourth-order valence-corrected chi connectivity index (χ4v) is 3.60. The number of hydrogen-bond acceptors (Lipinski definition) is 6. The van der Waals surface area contributed by atoms with Crippen molar-refractivity contribution in [2.45, 2.75) is 6.42 Å². The number of nitrogens with one attached hydrogen (secondary N) is 2. The van der Waals surface area contributed by atoms with Gasteiger partial charge in [0.25, 0.3) is 0 Å². The molecule has 4 rings (SSSR count). The van der Waals surface area contributed by atoms with Gasteiger partial charge in [-0.05, 0) is 24.3 Å². The van der Waals surface area contributed by atoms with Gasteiger partial charge in [-0.3, -0.25) is 19.2 Å². The maximum atomic E-state index is 12.3. The molecule has 0 fully saturated rings. The first-order chi connectivity index (χ1) is 13.5. The van der Waals surface area contributed by atoms with Gasteiger partial charge in [-0.15, -0.1) is 0 Å². The molecule has 9 heteroatoms. The van der Waals surface area contributed by atoms with E-state index in [2.05, 4.69) is 14.4 Å². The van der Waals surface area contributed by atoms with E-state index in [-0.39, 0.29) is 12.2 Å². The molecule has 1 aliphatic heterocycles. The second-order valence-electron chi connectivity index (χ2n) is 5.94. The number of fused-ring (bicyclic) bond motifs is 1. The molecule has 0 aliphatic carbocycles. The number of esters is 1. The average Bonchev–Trinajstić information content (AvgIpc) is 3.03. The Hall–Kier alpha value is -3.59. The van der Waals surface area contributed by atoms with Crippen molar-refractivity contribution in [1.82, 2.24) is 4.98 Å². The molecule has 1 aliphatic rings. The third kappa shape index (κ3) is 4.04. The number of rotatable bonds is 6. The lowest BCUT2D eigenvalue weighted by Crippen LogP contribution is -2.21. The number of hydrogen-bond donors (Lipinski definition) is 2. The summed E-state index contributed by atoms with van der Waals surface area (Å²) >= 11 is 0. The van der Waals surface area contributed by atoms with E-state index in [4.69, 9.17) is 9.47 Å². The smallest absolute Gasteiger partial charge is 0.321 e. The number of benzene rings is 2. The predicted molar refractivity (Wildman–Crippen MR) is 103 cm³/mol. The molecule has 0 amide bonds. The van der Waals surface area contributed by atoms with Crippen LogP contribution in [0.4, 0.5) is 11.4 Å². The number of anilines is 2. The first kappa shape index (κ1) is 17.8. The van der Waals surface area contributed by atoms with E-state index in [0.29, 0.717) is 28.6 Å². The van der Waals surface area contributed by atoms with Crippen LogP contribution in [0.1, 0.15) is 5.69 Å². The Bertz CT molecular complexity index is 1130. The Morgan fingerprint density at radius 1 is 0.964 bits per heavy atom. The van der Waals surface area contributed by atoms with Crippen molar-refractivity contribution in [3.63, 3.8) is 0 Å². The minimum Gasteiger partial charge on any atom is -0.453 e. The Morgan fingerprint density at radius 3 is 2.54 bits per heavy atom. The molecule has 0 saturated carbocycles. The highest BCUT2D eigenvalue weighted by atomic mass is 32.2. The van der Waals surface area contributed by atoms with Gasteiger partial charge in [0.05, 0.1) is 23.5 Å². The summed E-state index contributed by atoms with van der Waals surface area (Å²) in [6.07, 6.45) is 1.62. The third-order valence-electron chi connectivity index (χ3n) is 3.81. The molecule has 3 aromatic rings. The number of pyridine rings is 1. The van der Waals surface area contributed by atoms with Crippen LogP contribution < -0.4 is 18.9 Å². The number of para-hydroxylation sites is 1. The van der Waals surface area contributed by atoms with Crippen LogP contribution in [0.2, 0.25) is 0 Å². The molecular weight excluding hydrogens is 382 g/mol. The van der Waals surface area contributed by atoms with Gasteiger partial charge in [0.1, 0.15) is 5.75 Å². The van der Waals surface area contributed by atoms with Crippen LogP contribution in [0.25, 0.3) is 0 Å². The number of carbonyl (C=O) groups excluding carboxylic acids is 1. The van der Waals surface area contributed by atoms with Crippen molar-refractivity contribution in [2.24, 2.45) is 0 Å². The number of carbonyl (C=O) groups is 1. The van der Waals surface area contributed by atoms with E-state index in [1.165, 1.54) is 12.3 Å². The zero-order valence-electron chi connectivity index (χ0n) is 14.5. The summed E-state index contributed by atoms with van der Waals surface area (Å²) < 4.78 is 40.4. The predicted octanol–water partition coefficient (Wildman–Crippen LogP) is 3.10. The van der Waals surface area contributed by atoms with E-state index in [0.717, 1.165) is 0 Å². The fraction of sp³-hybridized carbons (Fsp3) is 0.0526. The van der Waals surface area contributed by atoms with Gasteiger partial charge in [0.2, 0.25) is 0 Å². The van der Waals surface area contributed by atoms with Crippen LogP contribution in [0, 0.1) is 0 Å². The number of ether oxygens (including phenoxy) is 2. The fourth-order valence-electron chi connectivity index (χ4n) is 2.67. The molecule has 0 atom stereocenters. The molecule has 28 heavy (non-hydrogen) atoms. The van der Waals surface area contributed by atoms with Gasteiger partial charge in [0.15, 0.2) is 11.5 Å². The lowest BCUT2D eigenvalue weighted by molar-refractivity contribution is -0.131. The molecule has 1 aromatic heterocycles. The van der Waals surface area contributed by atoms with Crippen LogP contribution >= 0.6 is 0 Å². The van der Waals surface area contributed by atoms with E-state index in [1.807, 2.05) is 0 Å². The molecule has 0 radical (unpaired) electrons. The van der Waals surface area contributed by atoms with Crippen molar-refractivity contribution in [3.05, 3.63) is 72.6 Å². The van der Waals surface area contributed by atoms with E-state index in [1.54, 1.807) is 54.6 Å². The summed E-state index contributed by atoms with van der Waals surface area (Å²) in [6.45, 7) is 0. The Morgan fingerprint density at radius 2 is 1.71 bits per heavy atom. The van der Waals surface area contributed by atoms with Crippen molar-refractivity contribution in [1.29, 1.82) is 0 Å². The van der Waals surface area contributed by atoms with Crippen molar-refractivity contribution in [3.8, 4) is 17.2 Å². The average molecular weight is 397 g/mol. The second kappa shape index (κ2) is 7.20. The molecule has 0 bridgehead atoms. The summed E-state index contributed by atoms with van der Waals surface area (Å²) in [5.74, 6) is 0.589. The van der Waals surface area contributed by atoms with Crippen molar-refractivity contribution >= 4 is 27.6 Å². The molecule has 2 N–H and O–H groups in total. The summed E-state index contributed by atoms with van der Waals surface area (Å²) in [7, 11) is -3.83. The second-order valence-corrected chi connectivity index (χ2v) is 7.35. The zero-order chi connectivity index (χ0) is 19.6. The highest BCUT2D eigenvalue weighted by molar-refractivity contribution is 7.94. The summed E-state index contributed by atoms with van der Waals surface area (Å²) in [5.41, 5.74) is 1.26. The molecular formula is C19H15N3O5S. The zero-order valence-corrected chi connectivity index (χ0v) is 15.3. The van der Waals surface area contributed by atoms with Gasteiger partial charge >= 0.3 is 16.2 Å². The molecule has 2 heterocycles. The van der Waals surface area contributed by atoms with Crippen LogP contribution in [-0.2, 0) is 21.4 Å². The van der Waals surface area contributed by atoms with Crippen molar-refractivity contribution < 1.29 is 22.7 Å². The first-order valence-electron chi connectivity index (χ1n) is 8.31. The lowest BCUT2D eigenvalue weighted by Gasteiger charge is -2.12. The molecule has 8 nitrogen and oxygen atoms in total. The lowest BCUT2D eigenvalue weighted by atomic mass is 10.2. The minimum absolute atomic E-state index is 0.0948. The number of aromatic nitrogens is 1.